The summed E-state index contributed by atoms with van der Waals surface area (Å²) < 4.78 is 48.4. The lowest BCUT2D eigenvalue weighted by molar-refractivity contribution is 0.0738. The van der Waals surface area contributed by atoms with Gasteiger partial charge in [0.25, 0.3) is 0 Å². The largest absolute Gasteiger partial charge is 0.421 e. The van der Waals surface area contributed by atoms with Crippen LogP contribution >= 0.6 is 0 Å². The third-order valence-electron chi connectivity index (χ3n) is 4.44. The monoisotopic (exact) mass is 379 g/mol. The van der Waals surface area contributed by atoms with Crippen LogP contribution in [0.5, 0.6) is 5.75 Å². The molecular weight excluding hydrogens is 352 g/mol. The molecule has 1 N–H and O–H groups in total. The molecule has 2 aromatic carbocycles. The molecule has 4 rings (SSSR count). The first kappa shape index (κ1) is 13.1. The van der Waals surface area contributed by atoms with E-state index in [2.05, 4.69) is 4.98 Å². The van der Waals surface area contributed by atoms with Crippen LogP contribution in [0.3, 0.4) is 0 Å². The van der Waals surface area contributed by atoms with Gasteiger partial charge in [-0.05, 0) is 37.9 Å². The summed E-state index contributed by atoms with van der Waals surface area (Å²) in [5.74, 6) is -0.712. The molecule has 142 valence electrons. The zero-order valence-electron chi connectivity index (χ0n) is 20.3. The molecule has 0 saturated heterocycles. The van der Waals surface area contributed by atoms with Gasteiger partial charge >= 0.3 is 5.97 Å². The summed E-state index contributed by atoms with van der Waals surface area (Å²) >= 11 is 0. The van der Waals surface area contributed by atoms with Gasteiger partial charge in [0.15, 0.2) is 5.75 Å². The Hall–Kier alpha value is -3.18. The van der Waals surface area contributed by atoms with E-state index in [-0.39, 0.29) is 41.0 Å². The summed E-state index contributed by atoms with van der Waals surface area (Å²) in [6.45, 7) is 1.84. The Morgan fingerprint density at radius 3 is 2.96 bits per heavy atom. The molecule has 0 saturated carbocycles. The van der Waals surface area contributed by atoms with E-state index >= 15 is 0 Å². The molecule has 5 heteroatoms. The maximum atomic E-state index is 13.3. The highest BCUT2D eigenvalue weighted by Gasteiger charge is 2.18. The lowest BCUT2D eigenvalue weighted by atomic mass is 10.2. The molecule has 1 atom stereocenters. The predicted octanol–water partition coefficient (Wildman–Crippen LogP) is 4.57. The van der Waals surface area contributed by atoms with E-state index in [9.17, 15) is 9.90 Å². The number of ether oxygens (including phenoxy) is 1. The number of aliphatic hydroxyl groups excluding tert-OH is 1. The van der Waals surface area contributed by atoms with Crippen molar-refractivity contribution in [3.8, 4) is 5.75 Å². The normalized spacial score (nSPS) is 14.9. The molecule has 0 aliphatic carbocycles. The summed E-state index contributed by atoms with van der Waals surface area (Å²) in [6, 6.07) is 7.01. The molecule has 0 amide bonds. The second-order valence-corrected chi connectivity index (χ2v) is 6.57. The quantitative estimate of drug-likeness (QED) is 0.394. The molecule has 0 aliphatic heterocycles. The maximum Gasteiger partial charge on any atom is 0.345 e. The number of pyridine rings is 1. The molecule has 1 unspecified atom stereocenters. The van der Waals surface area contributed by atoms with Crippen LogP contribution in [0.4, 0.5) is 0 Å². The molecule has 2 heterocycles. The summed E-state index contributed by atoms with van der Waals surface area (Å²) in [7, 11) is 0. The average Bonchev–Trinajstić information content (AvgIpc) is 3.08. The first-order chi connectivity index (χ1) is 15.7. The van der Waals surface area contributed by atoms with Gasteiger partial charge in [0.2, 0.25) is 0 Å². The Balaban J connectivity index is 1.87. The van der Waals surface area contributed by atoms with Gasteiger partial charge in [0.05, 0.1) is 18.5 Å². The van der Waals surface area contributed by atoms with Crippen molar-refractivity contribution in [3.63, 3.8) is 0 Å². The lowest BCUT2D eigenvalue weighted by Gasteiger charge is -2.07. The van der Waals surface area contributed by atoms with Gasteiger partial charge in [-0.25, -0.2) is 4.79 Å². The van der Waals surface area contributed by atoms with Crippen molar-refractivity contribution in [2.24, 2.45) is 0 Å². The first-order valence-electron chi connectivity index (χ1n) is 11.6. The van der Waals surface area contributed by atoms with Crippen molar-refractivity contribution in [2.75, 3.05) is 0 Å². The summed E-state index contributed by atoms with van der Waals surface area (Å²) in [5, 5.41) is 10.3. The fraction of sp³-hybridized carbons (Fsp3) is 0.217. The minimum Gasteiger partial charge on any atom is -0.421 e. The van der Waals surface area contributed by atoms with Gasteiger partial charge in [0.1, 0.15) is 5.52 Å². The average molecular weight is 379 g/mol. The van der Waals surface area contributed by atoms with Crippen molar-refractivity contribution in [1.82, 2.24) is 9.55 Å². The third kappa shape index (κ3) is 3.62. The van der Waals surface area contributed by atoms with E-state index in [0.717, 1.165) is 5.39 Å². The highest BCUT2D eigenvalue weighted by Crippen LogP contribution is 2.27. The second-order valence-electron chi connectivity index (χ2n) is 6.57. The Morgan fingerprint density at radius 1 is 1.29 bits per heavy atom. The van der Waals surface area contributed by atoms with Crippen LogP contribution in [0, 0.1) is 0 Å². The maximum absolute atomic E-state index is 13.3. The number of para-hydroxylation sites is 2. The SMILES string of the molecule is [2H]c1c([2H])c([2H])c2c(c1[2H])c(C(=O)Oc1cccc3cccnc13)c([2H])n2CCCC(C)O. The number of hydrogen-bond donors (Lipinski definition) is 1. The third-order valence-corrected chi connectivity index (χ3v) is 4.44. The van der Waals surface area contributed by atoms with Gasteiger partial charge in [-0.3, -0.25) is 4.98 Å². The van der Waals surface area contributed by atoms with Crippen LogP contribution in [0.25, 0.3) is 21.8 Å². The van der Waals surface area contributed by atoms with Gasteiger partial charge in [-0.15, -0.1) is 0 Å². The fourth-order valence-electron chi connectivity index (χ4n) is 3.11. The Labute approximate surface area is 170 Å². The number of rotatable bonds is 6. The highest BCUT2D eigenvalue weighted by atomic mass is 16.5. The van der Waals surface area contributed by atoms with Crippen LogP contribution in [0.15, 0.2) is 66.9 Å². The van der Waals surface area contributed by atoms with Gasteiger partial charge in [0, 0.05) is 35.2 Å². The highest BCUT2D eigenvalue weighted by molar-refractivity contribution is 6.05. The fourth-order valence-corrected chi connectivity index (χ4v) is 3.11. The first-order valence-corrected chi connectivity index (χ1v) is 9.05. The molecule has 5 nitrogen and oxygen atoms in total. The second kappa shape index (κ2) is 7.82. The molecule has 0 radical (unpaired) electrons. The van der Waals surface area contributed by atoms with Crippen LogP contribution in [-0.4, -0.2) is 26.7 Å². The number of carbonyl (C=O) groups is 1. The van der Waals surface area contributed by atoms with Crippen molar-refractivity contribution >= 4 is 27.8 Å². The van der Waals surface area contributed by atoms with E-state index in [1.165, 1.54) is 4.57 Å². The molecule has 2 aromatic heterocycles. The zero-order chi connectivity index (χ0) is 23.9. The Bertz CT molecular complexity index is 1380. The number of benzene rings is 2. The topological polar surface area (TPSA) is 64.3 Å². The van der Waals surface area contributed by atoms with Gasteiger partial charge < -0.3 is 14.4 Å². The summed E-state index contributed by atoms with van der Waals surface area (Å²) in [5.41, 5.74) is 0.295. The molecule has 0 aliphatic rings. The number of hydrogen-bond acceptors (Lipinski definition) is 4. The van der Waals surface area contributed by atoms with E-state index in [0.29, 0.717) is 18.4 Å². The number of aryl methyl sites for hydroxylation is 1. The summed E-state index contributed by atoms with van der Waals surface area (Å²) in [4.78, 5) is 17.5. The van der Waals surface area contributed by atoms with E-state index in [1.807, 2.05) is 12.1 Å². The van der Waals surface area contributed by atoms with E-state index < -0.39 is 30.2 Å². The molecule has 28 heavy (non-hydrogen) atoms. The molecule has 0 bridgehead atoms. The van der Waals surface area contributed by atoms with Crippen molar-refractivity contribution in [3.05, 3.63) is 72.4 Å². The smallest absolute Gasteiger partial charge is 0.345 e. The summed E-state index contributed by atoms with van der Waals surface area (Å²) in [6.07, 6.45) is 1.64. The van der Waals surface area contributed by atoms with Crippen molar-refractivity contribution in [1.29, 1.82) is 0 Å². The van der Waals surface area contributed by atoms with Crippen LogP contribution in [0.2, 0.25) is 0 Å². The minimum atomic E-state index is -0.901. The number of nitrogens with zero attached hydrogens (tertiary/aromatic N) is 2. The van der Waals surface area contributed by atoms with Crippen LogP contribution in [0.1, 0.15) is 37.0 Å². The van der Waals surface area contributed by atoms with E-state index in [1.54, 1.807) is 31.3 Å². The van der Waals surface area contributed by atoms with Crippen LogP contribution < -0.4 is 4.74 Å². The molecule has 4 aromatic rings. The predicted molar refractivity (Wildman–Crippen MR) is 110 cm³/mol. The van der Waals surface area contributed by atoms with Crippen LogP contribution in [-0.2, 0) is 6.54 Å². The number of aliphatic hydroxyl groups is 1. The van der Waals surface area contributed by atoms with E-state index in [4.69, 9.17) is 11.6 Å². The number of aromatic nitrogens is 2. The Morgan fingerprint density at radius 2 is 2.11 bits per heavy atom. The van der Waals surface area contributed by atoms with Crippen molar-refractivity contribution < 1.29 is 21.5 Å². The zero-order valence-corrected chi connectivity index (χ0v) is 15.3. The lowest BCUT2D eigenvalue weighted by Crippen LogP contribution is -2.09. The standard InChI is InChI=1S/C23H22N2O3/c1-16(26)7-6-14-25-15-19(18-10-2-3-11-20(18)25)23(27)28-21-12-4-8-17-9-5-13-24-22(17)21/h2-5,8-13,15-16,26H,6-7,14H2,1H3/i2D,3D,10D,11D,15D. The minimum absolute atomic E-state index is 0.0544. The molecular formula is C23H22N2O3. The number of fused-ring (bicyclic) bond motifs is 2. The molecule has 0 fully saturated rings. The number of carbonyl (C=O) groups excluding carboxylic acids is 1. The molecule has 0 spiro atoms. The van der Waals surface area contributed by atoms with Gasteiger partial charge in [-0.1, -0.05) is 36.3 Å². The number of esters is 1. The van der Waals surface area contributed by atoms with Gasteiger partial charge in [-0.2, -0.15) is 0 Å². The Kier molecular flexibility index (Phi) is 3.65. The van der Waals surface area contributed by atoms with Crippen molar-refractivity contribution in [2.45, 2.75) is 32.4 Å².